The number of hydrazine groups is 1. The number of amides is 5. The summed E-state index contributed by atoms with van der Waals surface area (Å²) in [5, 5.41) is 7.27. The lowest BCUT2D eigenvalue weighted by atomic mass is 10.1. The maximum Gasteiger partial charge on any atom is 0.337 e. The van der Waals surface area contributed by atoms with Crippen molar-refractivity contribution in [2.24, 2.45) is 5.84 Å². The van der Waals surface area contributed by atoms with Crippen molar-refractivity contribution in [1.82, 2.24) is 10.7 Å². The second-order valence-electron chi connectivity index (χ2n) is 6.05. The van der Waals surface area contributed by atoms with Gasteiger partial charge in [-0.2, -0.15) is 0 Å². The topological polar surface area (TPSA) is 125 Å². The summed E-state index contributed by atoms with van der Waals surface area (Å²) in [5.74, 6) is 4.83. The van der Waals surface area contributed by atoms with E-state index in [2.05, 4.69) is 17.6 Å². The van der Waals surface area contributed by atoms with Gasteiger partial charge >= 0.3 is 12.1 Å². The Labute approximate surface area is 154 Å². The van der Waals surface area contributed by atoms with E-state index >= 15 is 0 Å². The van der Waals surface area contributed by atoms with Gasteiger partial charge in [0.15, 0.2) is 0 Å². The first-order chi connectivity index (χ1) is 12.5. The summed E-state index contributed by atoms with van der Waals surface area (Å²) in [5.41, 5.74) is 2.82. The molecule has 8 nitrogen and oxygen atoms in total. The third kappa shape index (κ3) is 9.63. The number of imide groups is 1. The minimum absolute atomic E-state index is 0.0531. The number of hydrogen-bond acceptors (Lipinski definition) is 4. The van der Waals surface area contributed by atoms with Crippen LogP contribution < -0.4 is 27.2 Å². The Kier molecular flexibility index (Phi) is 10.5. The van der Waals surface area contributed by atoms with Crippen LogP contribution in [0.2, 0.25) is 0 Å². The molecule has 0 unspecified atom stereocenters. The maximum absolute atomic E-state index is 12.0. The molecule has 0 heterocycles. The Morgan fingerprint density at radius 1 is 0.885 bits per heavy atom. The van der Waals surface area contributed by atoms with Gasteiger partial charge in [-0.25, -0.2) is 15.4 Å². The first-order valence-electron chi connectivity index (χ1n) is 9.03. The Bertz CT molecular complexity index is 592. The lowest BCUT2D eigenvalue weighted by Crippen LogP contribution is -2.44. The van der Waals surface area contributed by atoms with Gasteiger partial charge in [-0.15, -0.1) is 0 Å². The number of carbonyl (C=O) groups excluding carboxylic acids is 3. The number of urea groups is 2. The standard InChI is InChI=1S/C18H29N5O3/c1-2-3-4-5-6-7-8-12-16(24)20-14-10-9-11-15(13-14)21-17(25)22-18(26)23-19/h9-11,13H,2-8,12,19H2,1H3,(H,20,24)(H3,21,22,23,25,26). The van der Waals surface area contributed by atoms with E-state index in [9.17, 15) is 14.4 Å². The van der Waals surface area contributed by atoms with E-state index in [-0.39, 0.29) is 5.91 Å². The second-order valence-corrected chi connectivity index (χ2v) is 6.05. The fourth-order valence-corrected chi connectivity index (χ4v) is 2.44. The molecule has 0 aliphatic carbocycles. The van der Waals surface area contributed by atoms with Crippen LogP contribution in [-0.2, 0) is 4.79 Å². The molecule has 1 rings (SSSR count). The zero-order chi connectivity index (χ0) is 19.2. The van der Waals surface area contributed by atoms with Crippen LogP contribution in [0.4, 0.5) is 21.0 Å². The largest absolute Gasteiger partial charge is 0.337 e. The van der Waals surface area contributed by atoms with Crippen molar-refractivity contribution in [3.63, 3.8) is 0 Å². The van der Waals surface area contributed by atoms with E-state index in [1.54, 1.807) is 29.7 Å². The van der Waals surface area contributed by atoms with Gasteiger partial charge in [0.25, 0.3) is 0 Å². The molecule has 0 fully saturated rings. The Balaban J connectivity index is 2.32. The molecule has 8 heteroatoms. The zero-order valence-electron chi connectivity index (χ0n) is 15.3. The molecule has 26 heavy (non-hydrogen) atoms. The third-order valence-corrected chi connectivity index (χ3v) is 3.77. The van der Waals surface area contributed by atoms with Gasteiger partial charge in [-0.05, 0) is 24.6 Å². The second kappa shape index (κ2) is 12.7. The van der Waals surface area contributed by atoms with Crippen molar-refractivity contribution >= 4 is 29.3 Å². The average Bonchev–Trinajstić information content (AvgIpc) is 2.61. The lowest BCUT2D eigenvalue weighted by Gasteiger charge is -2.09. The van der Waals surface area contributed by atoms with Gasteiger partial charge in [0.2, 0.25) is 5.91 Å². The van der Waals surface area contributed by atoms with E-state index in [1.165, 1.54) is 25.7 Å². The first-order valence-corrected chi connectivity index (χ1v) is 9.03. The summed E-state index contributed by atoms with van der Waals surface area (Å²) in [4.78, 5) is 34.5. The van der Waals surface area contributed by atoms with Crippen molar-refractivity contribution in [2.75, 3.05) is 10.6 Å². The van der Waals surface area contributed by atoms with E-state index in [1.807, 2.05) is 5.32 Å². The van der Waals surface area contributed by atoms with Gasteiger partial charge in [-0.3, -0.25) is 15.5 Å². The fraction of sp³-hybridized carbons (Fsp3) is 0.500. The van der Waals surface area contributed by atoms with Crippen molar-refractivity contribution in [3.05, 3.63) is 24.3 Å². The van der Waals surface area contributed by atoms with Crippen molar-refractivity contribution in [3.8, 4) is 0 Å². The number of hydrogen-bond donors (Lipinski definition) is 5. The smallest absolute Gasteiger partial charge is 0.326 e. The molecule has 5 amide bonds. The number of rotatable bonds is 10. The van der Waals surface area contributed by atoms with Crippen LogP contribution in [0.25, 0.3) is 0 Å². The van der Waals surface area contributed by atoms with Gasteiger partial charge in [0.1, 0.15) is 0 Å². The van der Waals surface area contributed by atoms with Gasteiger partial charge < -0.3 is 10.6 Å². The van der Waals surface area contributed by atoms with Crippen LogP contribution in [0.1, 0.15) is 58.3 Å². The Morgan fingerprint density at radius 3 is 2.15 bits per heavy atom. The molecule has 1 aromatic carbocycles. The number of carbonyl (C=O) groups is 3. The summed E-state index contributed by atoms with van der Waals surface area (Å²) in [6.45, 7) is 2.19. The van der Waals surface area contributed by atoms with Crippen molar-refractivity contribution in [2.45, 2.75) is 58.3 Å². The van der Waals surface area contributed by atoms with Crippen LogP contribution in [0.3, 0.4) is 0 Å². The van der Waals surface area contributed by atoms with Crippen LogP contribution in [0.5, 0.6) is 0 Å². The van der Waals surface area contributed by atoms with E-state index in [4.69, 9.17) is 5.84 Å². The van der Waals surface area contributed by atoms with Crippen molar-refractivity contribution < 1.29 is 14.4 Å². The monoisotopic (exact) mass is 363 g/mol. The molecule has 6 N–H and O–H groups in total. The van der Waals surface area contributed by atoms with Crippen molar-refractivity contribution in [1.29, 1.82) is 0 Å². The molecule has 0 aromatic heterocycles. The molecule has 144 valence electrons. The van der Waals surface area contributed by atoms with Gasteiger partial charge in [-0.1, -0.05) is 51.5 Å². The molecule has 0 atom stereocenters. The molecule has 1 aromatic rings. The molecular weight excluding hydrogens is 334 g/mol. The molecule has 0 aliphatic rings. The van der Waals surface area contributed by atoms with Gasteiger partial charge in [0.05, 0.1) is 0 Å². The van der Waals surface area contributed by atoms with Crippen LogP contribution >= 0.6 is 0 Å². The fourth-order valence-electron chi connectivity index (χ4n) is 2.44. The highest BCUT2D eigenvalue weighted by molar-refractivity contribution is 6.01. The highest BCUT2D eigenvalue weighted by Crippen LogP contribution is 2.16. The number of anilines is 2. The molecule has 0 aliphatic heterocycles. The molecular formula is C18H29N5O3. The molecule has 0 saturated heterocycles. The van der Waals surface area contributed by atoms with E-state index in [0.717, 1.165) is 19.3 Å². The predicted octanol–water partition coefficient (Wildman–Crippen LogP) is 3.47. The van der Waals surface area contributed by atoms with E-state index in [0.29, 0.717) is 17.8 Å². The zero-order valence-corrected chi connectivity index (χ0v) is 15.3. The predicted molar refractivity (Wildman–Crippen MR) is 103 cm³/mol. The minimum Gasteiger partial charge on any atom is -0.326 e. The molecule has 0 saturated carbocycles. The summed E-state index contributed by atoms with van der Waals surface area (Å²) in [6, 6.07) is 5.15. The number of unbranched alkanes of at least 4 members (excludes halogenated alkanes) is 6. The number of nitrogens with two attached hydrogens (primary N) is 1. The van der Waals surface area contributed by atoms with Gasteiger partial charge in [0, 0.05) is 17.8 Å². The first kappa shape index (κ1) is 21.4. The Hall–Kier alpha value is -2.61. The van der Waals surface area contributed by atoms with E-state index < -0.39 is 12.1 Å². The summed E-state index contributed by atoms with van der Waals surface area (Å²) in [7, 11) is 0. The highest BCUT2D eigenvalue weighted by Gasteiger charge is 2.07. The van der Waals surface area contributed by atoms with Crippen LogP contribution in [-0.4, -0.2) is 18.0 Å². The Morgan fingerprint density at radius 2 is 1.50 bits per heavy atom. The average molecular weight is 363 g/mol. The number of nitrogens with one attached hydrogen (secondary N) is 4. The summed E-state index contributed by atoms with van der Waals surface area (Å²) >= 11 is 0. The normalized spacial score (nSPS) is 10.1. The SMILES string of the molecule is CCCCCCCCCC(=O)Nc1cccc(NC(=O)NC(=O)NN)c1. The maximum atomic E-state index is 12.0. The highest BCUT2D eigenvalue weighted by atomic mass is 16.2. The quantitative estimate of drug-likeness (QED) is 0.189. The van der Waals surface area contributed by atoms with Crippen LogP contribution in [0, 0.1) is 0 Å². The third-order valence-electron chi connectivity index (χ3n) is 3.77. The van der Waals surface area contributed by atoms with Crippen LogP contribution in [0.15, 0.2) is 24.3 Å². The summed E-state index contributed by atoms with van der Waals surface area (Å²) < 4.78 is 0. The lowest BCUT2D eigenvalue weighted by molar-refractivity contribution is -0.116. The molecule has 0 spiro atoms. The minimum atomic E-state index is -0.818. The summed E-state index contributed by atoms with van der Waals surface area (Å²) in [6.07, 6.45) is 8.57. The molecule has 0 radical (unpaired) electrons. The molecule has 0 bridgehead atoms. The number of benzene rings is 1.